The summed E-state index contributed by atoms with van der Waals surface area (Å²) >= 11 is 0. The summed E-state index contributed by atoms with van der Waals surface area (Å²) in [6.45, 7) is 11.0. The molecule has 122 valence electrons. The maximum absolute atomic E-state index is 6.60. The van der Waals surface area contributed by atoms with Gasteiger partial charge in [0.25, 0.3) is 0 Å². The maximum Gasteiger partial charge on any atom is 0.124 e. The first-order valence-electron chi connectivity index (χ1n) is 8.79. The van der Waals surface area contributed by atoms with Crippen LogP contribution in [0.15, 0.2) is 18.2 Å². The lowest BCUT2D eigenvalue weighted by Gasteiger charge is -2.38. The van der Waals surface area contributed by atoms with Crippen LogP contribution in [0.25, 0.3) is 0 Å². The Balaban J connectivity index is 1.72. The van der Waals surface area contributed by atoms with E-state index in [-0.39, 0.29) is 6.04 Å². The number of likely N-dealkylation sites (tertiary alicyclic amines) is 1. The van der Waals surface area contributed by atoms with Gasteiger partial charge in [-0.15, -0.1) is 0 Å². The van der Waals surface area contributed by atoms with Gasteiger partial charge in [0.1, 0.15) is 5.75 Å². The van der Waals surface area contributed by atoms with Crippen molar-refractivity contribution in [2.45, 2.75) is 45.6 Å². The molecule has 2 N–H and O–H groups in total. The Morgan fingerprint density at radius 3 is 2.91 bits per heavy atom. The van der Waals surface area contributed by atoms with Crippen LogP contribution >= 0.6 is 0 Å². The van der Waals surface area contributed by atoms with E-state index in [2.05, 4.69) is 43.9 Å². The molecular weight excluding hydrogens is 272 g/mol. The molecule has 0 aromatic heterocycles. The molecule has 1 aromatic rings. The van der Waals surface area contributed by atoms with E-state index in [9.17, 15) is 0 Å². The normalized spacial score (nSPS) is 29.2. The fraction of sp³-hybridized carbons (Fsp3) is 0.684. The molecule has 2 aliphatic rings. The number of hydrogen-bond donors (Lipinski definition) is 1. The van der Waals surface area contributed by atoms with E-state index in [0.29, 0.717) is 11.8 Å². The van der Waals surface area contributed by atoms with Gasteiger partial charge in [0.05, 0.1) is 6.61 Å². The van der Waals surface area contributed by atoms with E-state index >= 15 is 0 Å². The SMILES string of the molecule is CC1CCCN(CC2COc3ccc(C(C)C)cc3C2N)C1. The second-order valence-electron chi connectivity index (χ2n) is 7.56. The number of hydrogen-bond acceptors (Lipinski definition) is 3. The lowest BCUT2D eigenvalue weighted by Crippen LogP contribution is -2.43. The van der Waals surface area contributed by atoms with Gasteiger partial charge in [0.15, 0.2) is 0 Å². The summed E-state index contributed by atoms with van der Waals surface area (Å²) in [6, 6.07) is 6.63. The van der Waals surface area contributed by atoms with Crippen molar-refractivity contribution in [2.75, 3.05) is 26.2 Å². The van der Waals surface area contributed by atoms with E-state index in [1.165, 1.54) is 37.1 Å². The second kappa shape index (κ2) is 6.59. The van der Waals surface area contributed by atoms with Crippen molar-refractivity contribution in [1.29, 1.82) is 0 Å². The molecule has 3 rings (SSSR count). The molecule has 0 spiro atoms. The van der Waals surface area contributed by atoms with Gasteiger partial charge >= 0.3 is 0 Å². The quantitative estimate of drug-likeness (QED) is 0.928. The van der Waals surface area contributed by atoms with Crippen LogP contribution in [0.5, 0.6) is 5.75 Å². The Bertz CT molecular complexity index is 514. The van der Waals surface area contributed by atoms with Crippen LogP contribution in [0.4, 0.5) is 0 Å². The number of rotatable bonds is 3. The molecule has 22 heavy (non-hydrogen) atoms. The zero-order valence-corrected chi connectivity index (χ0v) is 14.2. The van der Waals surface area contributed by atoms with E-state index in [1.54, 1.807) is 0 Å². The van der Waals surface area contributed by atoms with Gasteiger partial charge in [-0.1, -0.05) is 32.9 Å². The fourth-order valence-corrected chi connectivity index (χ4v) is 3.82. The van der Waals surface area contributed by atoms with Crippen LogP contribution in [-0.4, -0.2) is 31.1 Å². The summed E-state index contributed by atoms with van der Waals surface area (Å²) in [5, 5.41) is 0. The zero-order chi connectivity index (χ0) is 15.7. The predicted octanol–water partition coefficient (Wildman–Crippen LogP) is 3.55. The zero-order valence-electron chi connectivity index (χ0n) is 14.2. The second-order valence-corrected chi connectivity index (χ2v) is 7.56. The van der Waals surface area contributed by atoms with Gasteiger partial charge in [-0.2, -0.15) is 0 Å². The van der Waals surface area contributed by atoms with Crippen LogP contribution in [0.3, 0.4) is 0 Å². The minimum atomic E-state index is 0.0969. The Labute approximate surface area is 134 Å². The van der Waals surface area contributed by atoms with Gasteiger partial charge in [0, 0.05) is 30.6 Å². The van der Waals surface area contributed by atoms with E-state index in [0.717, 1.165) is 24.8 Å². The molecule has 1 fully saturated rings. The molecule has 3 nitrogen and oxygen atoms in total. The van der Waals surface area contributed by atoms with Crippen LogP contribution in [0, 0.1) is 11.8 Å². The number of piperidine rings is 1. The number of ether oxygens (including phenoxy) is 1. The Kier molecular flexibility index (Phi) is 4.74. The minimum Gasteiger partial charge on any atom is -0.493 e. The fourth-order valence-electron chi connectivity index (χ4n) is 3.82. The summed E-state index contributed by atoms with van der Waals surface area (Å²) in [5.74, 6) is 2.73. The third-order valence-electron chi connectivity index (χ3n) is 5.25. The summed E-state index contributed by atoms with van der Waals surface area (Å²) in [7, 11) is 0. The van der Waals surface area contributed by atoms with Crippen molar-refractivity contribution in [1.82, 2.24) is 4.90 Å². The Morgan fingerprint density at radius 2 is 2.18 bits per heavy atom. The number of nitrogens with zero attached hydrogens (tertiary/aromatic N) is 1. The minimum absolute atomic E-state index is 0.0969. The smallest absolute Gasteiger partial charge is 0.124 e. The molecule has 0 radical (unpaired) electrons. The molecule has 0 aliphatic carbocycles. The topological polar surface area (TPSA) is 38.5 Å². The highest BCUT2D eigenvalue weighted by molar-refractivity contribution is 5.42. The van der Waals surface area contributed by atoms with Crippen LogP contribution in [0.1, 0.15) is 56.7 Å². The molecular formula is C19H30N2O. The lowest BCUT2D eigenvalue weighted by atomic mass is 9.87. The first kappa shape index (κ1) is 15.8. The summed E-state index contributed by atoms with van der Waals surface area (Å²) in [4.78, 5) is 2.58. The highest BCUT2D eigenvalue weighted by Crippen LogP contribution is 2.36. The number of nitrogens with two attached hydrogens (primary N) is 1. The van der Waals surface area contributed by atoms with Crippen LogP contribution in [-0.2, 0) is 0 Å². The van der Waals surface area contributed by atoms with Crippen LogP contribution < -0.4 is 10.5 Å². The average molecular weight is 302 g/mol. The molecule has 3 unspecified atom stereocenters. The van der Waals surface area contributed by atoms with E-state index in [4.69, 9.17) is 10.5 Å². The Hall–Kier alpha value is -1.06. The van der Waals surface area contributed by atoms with Gasteiger partial charge in [0.2, 0.25) is 0 Å². The predicted molar refractivity (Wildman–Crippen MR) is 91.3 cm³/mol. The van der Waals surface area contributed by atoms with Crippen molar-refractivity contribution in [3.63, 3.8) is 0 Å². The van der Waals surface area contributed by atoms with E-state index in [1.807, 2.05) is 0 Å². The number of fused-ring (bicyclic) bond motifs is 1. The molecule has 0 saturated carbocycles. The average Bonchev–Trinajstić information content (AvgIpc) is 2.50. The summed E-state index contributed by atoms with van der Waals surface area (Å²) in [6.07, 6.45) is 2.68. The standard InChI is InChI=1S/C19H30N2O/c1-13(2)15-6-7-18-17(9-15)19(20)16(12-22-18)11-21-8-4-5-14(3)10-21/h6-7,9,13-14,16,19H,4-5,8,10-12,20H2,1-3H3. The van der Waals surface area contributed by atoms with Gasteiger partial charge in [-0.3, -0.25) is 0 Å². The van der Waals surface area contributed by atoms with Gasteiger partial charge < -0.3 is 15.4 Å². The molecule has 1 saturated heterocycles. The van der Waals surface area contributed by atoms with Gasteiger partial charge in [-0.05, 0) is 42.9 Å². The maximum atomic E-state index is 6.60. The lowest BCUT2D eigenvalue weighted by molar-refractivity contribution is 0.109. The molecule has 3 atom stereocenters. The van der Waals surface area contributed by atoms with Crippen molar-refractivity contribution in [3.8, 4) is 5.75 Å². The molecule has 2 heterocycles. The molecule has 2 aliphatic heterocycles. The molecule has 1 aromatic carbocycles. The van der Waals surface area contributed by atoms with Gasteiger partial charge in [-0.25, -0.2) is 0 Å². The monoisotopic (exact) mass is 302 g/mol. The van der Waals surface area contributed by atoms with Crippen molar-refractivity contribution in [3.05, 3.63) is 29.3 Å². The summed E-state index contributed by atoms with van der Waals surface area (Å²) in [5.41, 5.74) is 9.16. The van der Waals surface area contributed by atoms with E-state index < -0.39 is 0 Å². The largest absolute Gasteiger partial charge is 0.493 e. The molecule has 0 bridgehead atoms. The number of benzene rings is 1. The third-order valence-corrected chi connectivity index (χ3v) is 5.25. The molecule has 0 amide bonds. The highest BCUT2D eigenvalue weighted by Gasteiger charge is 2.31. The first-order valence-corrected chi connectivity index (χ1v) is 8.79. The van der Waals surface area contributed by atoms with Crippen molar-refractivity contribution in [2.24, 2.45) is 17.6 Å². The first-order chi connectivity index (χ1) is 10.5. The van der Waals surface area contributed by atoms with Crippen molar-refractivity contribution >= 4 is 0 Å². The summed E-state index contributed by atoms with van der Waals surface area (Å²) < 4.78 is 6.00. The molecule has 3 heteroatoms. The third kappa shape index (κ3) is 3.31. The van der Waals surface area contributed by atoms with Crippen LogP contribution in [0.2, 0.25) is 0 Å². The Morgan fingerprint density at radius 1 is 1.36 bits per heavy atom. The highest BCUT2D eigenvalue weighted by atomic mass is 16.5. The van der Waals surface area contributed by atoms with Crippen molar-refractivity contribution < 1.29 is 4.74 Å².